The minimum Gasteiger partial charge on any atom is -0.493 e. The van der Waals surface area contributed by atoms with Crippen molar-refractivity contribution in [3.63, 3.8) is 0 Å². The summed E-state index contributed by atoms with van der Waals surface area (Å²) in [6.45, 7) is 1.74. The van der Waals surface area contributed by atoms with Gasteiger partial charge in [0.1, 0.15) is 6.10 Å². The van der Waals surface area contributed by atoms with Crippen LogP contribution in [0.2, 0.25) is 0 Å². The lowest BCUT2D eigenvalue weighted by atomic mass is 9.91. The molecule has 0 unspecified atom stereocenters. The molecule has 2 aliphatic rings. The number of carbonyl (C=O) groups excluding carboxylic acids is 1. The molecule has 1 amide bonds. The van der Waals surface area contributed by atoms with E-state index in [-0.39, 0.29) is 18.6 Å². The van der Waals surface area contributed by atoms with Crippen LogP contribution >= 0.6 is 0 Å². The molecule has 0 radical (unpaired) electrons. The van der Waals surface area contributed by atoms with Gasteiger partial charge in [0.2, 0.25) is 11.7 Å². The molecule has 0 fully saturated rings. The van der Waals surface area contributed by atoms with Crippen LogP contribution in [0.3, 0.4) is 0 Å². The molecule has 0 aliphatic heterocycles. The minimum absolute atomic E-state index is 0.0562. The number of allylic oxidation sites excluding steroid dienone is 2. The molecule has 4 N–H and O–H groups in total. The lowest BCUT2D eigenvalue weighted by Crippen LogP contribution is -2.35. The van der Waals surface area contributed by atoms with Gasteiger partial charge in [-0.25, -0.2) is 0 Å². The number of fused-ring (bicyclic) bond motifs is 3. The Hall–Kier alpha value is -2.97. The van der Waals surface area contributed by atoms with E-state index in [1.165, 1.54) is 6.92 Å². The molecule has 0 saturated heterocycles. The first-order valence-electron chi connectivity index (χ1n) is 10.2. The average molecular weight is 431 g/mol. The van der Waals surface area contributed by atoms with Crippen LogP contribution < -0.4 is 24.8 Å². The molecule has 1 aromatic rings. The van der Waals surface area contributed by atoms with Gasteiger partial charge in [0.05, 0.1) is 34.0 Å². The highest BCUT2D eigenvalue weighted by Gasteiger charge is 2.32. The van der Waals surface area contributed by atoms with Crippen LogP contribution in [0.1, 0.15) is 24.5 Å². The largest absolute Gasteiger partial charge is 0.493 e. The van der Waals surface area contributed by atoms with Gasteiger partial charge in [0.15, 0.2) is 11.5 Å². The Balaban J connectivity index is 2.26. The molecule has 8 heteroatoms. The number of ether oxygens (including phenoxy) is 3. The number of rotatable bonds is 7. The van der Waals surface area contributed by atoms with Crippen LogP contribution in [0.25, 0.3) is 5.57 Å². The Morgan fingerprint density at radius 3 is 2.52 bits per heavy atom. The summed E-state index contributed by atoms with van der Waals surface area (Å²) in [7, 11) is 4.71. The molecule has 0 spiro atoms. The third kappa shape index (κ3) is 4.55. The van der Waals surface area contributed by atoms with Crippen molar-refractivity contribution < 1.29 is 29.2 Å². The summed E-state index contributed by atoms with van der Waals surface area (Å²) in [5.41, 5.74) is 4.01. The zero-order valence-electron chi connectivity index (χ0n) is 18.3. The van der Waals surface area contributed by atoms with Crippen molar-refractivity contribution in [3.8, 4) is 17.2 Å². The zero-order valence-corrected chi connectivity index (χ0v) is 18.3. The maximum atomic E-state index is 11.9. The molecular formula is C23H30N2O6. The number of benzene rings is 1. The minimum atomic E-state index is -0.917. The van der Waals surface area contributed by atoms with E-state index in [0.717, 1.165) is 22.3 Å². The first-order valence-corrected chi connectivity index (χ1v) is 10.2. The number of aliphatic hydroxyl groups is 2. The van der Waals surface area contributed by atoms with E-state index in [0.29, 0.717) is 42.3 Å². The van der Waals surface area contributed by atoms with Crippen LogP contribution in [0, 0.1) is 0 Å². The first-order chi connectivity index (χ1) is 14.9. The number of methoxy groups -OCH3 is 3. The summed E-state index contributed by atoms with van der Waals surface area (Å²) in [4.78, 5) is 11.9. The molecule has 31 heavy (non-hydrogen) atoms. The third-order valence-corrected chi connectivity index (χ3v) is 5.47. The monoisotopic (exact) mass is 430 g/mol. The van der Waals surface area contributed by atoms with Gasteiger partial charge in [0.25, 0.3) is 0 Å². The fourth-order valence-electron chi connectivity index (χ4n) is 4.16. The molecule has 2 atom stereocenters. The molecule has 3 rings (SSSR count). The second kappa shape index (κ2) is 9.89. The predicted molar refractivity (Wildman–Crippen MR) is 117 cm³/mol. The van der Waals surface area contributed by atoms with Crippen molar-refractivity contribution in [1.82, 2.24) is 10.6 Å². The van der Waals surface area contributed by atoms with Gasteiger partial charge in [-0.05, 0) is 47.8 Å². The van der Waals surface area contributed by atoms with Gasteiger partial charge >= 0.3 is 0 Å². The number of nitrogens with one attached hydrogen (secondary N) is 2. The topological polar surface area (TPSA) is 109 Å². The van der Waals surface area contributed by atoms with E-state index in [9.17, 15) is 9.90 Å². The zero-order chi connectivity index (χ0) is 22.5. The van der Waals surface area contributed by atoms with Crippen molar-refractivity contribution in [2.24, 2.45) is 0 Å². The summed E-state index contributed by atoms with van der Waals surface area (Å²) >= 11 is 0. The molecule has 1 aromatic carbocycles. The predicted octanol–water partition coefficient (Wildman–Crippen LogP) is 1.31. The molecule has 0 bridgehead atoms. The van der Waals surface area contributed by atoms with Crippen molar-refractivity contribution in [2.75, 3.05) is 34.5 Å². The standard InChI is InChI=1S/C23H30N2O6/c1-13(27)25-17-7-5-14-11-20(29-2)22(30-3)23(31-4)21(14)15-6-8-18(24-9-10-26)19(28)12-16(15)17/h6,8,11-12,17,19,24,26,28H,5,7,9-10H2,1-4H3,(H,25,27)/t17-,19-/m0/s1. The van der Waals surface area contributed by atoms with E-state index in [1.807, 2.05) is 12.1 Å². The molecule has 2 aliphatic carbocycles. The summed E-state index contributed by atoms with van der Waals surface area (Å²) < 4.78 is 16.9. The fourth-order valence-corrected chi connectivity index (χ4v) is 4.16. The van der Waals surface area contributed by atoms with Gasteiger partial charge < -0.3 is 35.1 Å². The van der Waals surface area contributed by atoms with Crippen LogP contribution in [-0.2, 0) is 11.2 Å². The molecule has 0 saturated carbocycles. The van der Waals surface area contributed by atoms with E-state index >= 15 is 0 Å². The third-order valence-electron chi connectivity index (χ3n) is 5.47. The molecular weight excluding hydrogens is 400 g/mol. The summed E-state index contributed by atoms with van der Waals surface area (Å²) in [5, 5.41) is 26.0. The highest BCUT2D eigenvalue weighted by atomic mass is 16.5. The molecule has 0 heterocycles. The smallest absolute Gasteiger partial charge is 0.217 e. The van der Waals surface area contributed by atoms with Crippen LogP contribution in [0.15, 0.2) is 35.6 Å². The highest BCUT2D eigenvalue weighted by molar-refractivity contribution is 5.90. The van der Waals surface area contributed by atoms with Crippen molar-refractivity contribution in [3.05, 3.63) is 46.7 Å². The number of hydrogen-bond donors (Lipinski definition) is 4. The van der Waals surface area contributed by atoms with E-state index in [1.54, 1.807) is 33.5 Å². The van der Waals surface area contributed by atoms with Crippen molar-refractivity contribution >= 4 is 11.5 Å². The van der Waals surface area contributed by atoms with Gasteiger partial charge in [-0.15, -0.1) is 0 Å². The highest BCUT2D eigenvalue weighted by Crippen LogP contribution is 2.49. The number of amides is 1. The number of carbonyl (C=O) groups is 1. The average Bonchev–Trinajstić information content (AvgIpc) is 2.99. The lowest BCUT2D eigenvalue weighted by Gasteiger charge is -2.23. The van der Waals surface area contributed by atoms with Gasteiger partial charge in [-0.2, -0.15) is 0 Å². The Morgan fingerprint density at radius 1 is 1.16 bits per heavy atom. The Bertz CT molecular complexity index is 934. The van der Waals surface area contributed by atoms with E-state index < -0.39 is 6.10 Å². The summed E-state index contributed by atoms with van der Waals surface area (Å²) in [5.74, 6) is 1.43. The van der Waals surface area contributed by atoms with Crippen LogP contribution in [0.4, 0.5) is 0 Å². The number of aliphatic hydroxyl groups excluding tert-OH is 2. The SMILES string of the molecule is COc1cc2c(c(OC)c1OC)C1=CC=C(NCCO)[C@@H](O)C=C1[C@@H](NC(C)=O)CC2. The summed E-state index contributed by atoms with van der Waals surface area (Å²) in [6, 6.07) is 1.64. The Labute approximate surface area is 182 Å². The lowest BCUT2D eigenvalue weighted by molar-refractivity contribution is -0.119. The second-order valence-corrected chi connectivity index (χ2v) is 7.39. The molecule has 8 nitrogen and oxygen atoms in total. The van der Waals surface area contributed by atoms with Crippen molar-refractivity contribution in [1.29, 1.82) is 0 Å². The molecule has 0 aromatic heterocycles. The van der Waals surface area contributed by atoms with E-state index in [4.69, 9.17) is 19.3 Å². The van der Waals surface area contributed by atoms with E-state index in [2.05, 4.69) is 10.6 Å². The first kappa shape index (κ1) is 22.7. The van der Waals surface area contributed by atoms with Crippen molar-refractivity contribution in [2.45, 2.75) is 31.9 Å². The van der Waals surface area contributed by atoms with Crippen LogP contribution in [0.5, 0.6) is 17.2 Å². The van der Waals surface area contributed by atoms with Gasteiger partial charge in [-0.1, -0.05) is 6.08 Å². The maximum absolute atomic E-state index is 11.9. The van der Waals surface area contributed by atoms with Gasteiger partial charge in [0, 0.05) is 24.7 Å². The maximum Gasteiger partial charge on any atom is 0.217 e. The fraction of sp³-hybridized carbons (Fsp3) is 0.435. The Kier molecular flexibility index (Phi) is 7.25. The van der Waals surface area contributed by atoms with Crippen LogP contribution in [-0.4, -0.2) is 62.7 Å². The second-order valence-electron chi connectivity index (χ2n) is 7.39. The Morgan fingerprint density at radius 2 is 1.90 bits per heavy atom. The number of aryl methyl sites for hydroxylation is 1. The summed E-state index contributed by atoms with van der Waals surface area (Å²) in [6.07, 6.45) is 5.81. The molecule has 168 valence electrons. The normalized spacial score (nSPS) is 20.0. The quantitative estimate of drug-likeness (QED) is 0.516. The van der Waals surface area contributed by atoms with Gasteiger partial charge in [-0.3, -0.25) is 4.79 Å². The number of hydrogen-bond acceptors (Lipinski definition) is 7.